The zero-order valence-electron chi connectivity index (χ0n) is 15.5. The number of rotatable bonds is 4. The van der Waals surface area contributed by atoms with Gasteiger partial charge >= 0.3 is 0 Å². The summed E-state index contributed by atoms with van der Waals surface area (Å²) in [7, 11) is 1.42. The molecule has 2 N–H and O–H groups in total. The molecule has 4 rings (SSSR count). The van der Waals surface area contributed by atoms with Gasteiger partial charge in [-0.3, -0.25) is 24.1 Å². The van der Waals surface area contributed by atoms with Crippen molar-refractivity contribution in [3.8, 4) is 0 Å². The van der Waals surface area contributed by atoms with E-state index in [-0.39, 0.29) is 29.2 Å². The fraction of sp³-hybridized carbons (Fsp3) is 0.238. The summed E-state index contributed by atoms with van der Waals surface area (Å²) in [5.74, 6) is -0.708. The Bertz CT molecular complexity index is 1030. The normalized spacial score (nSPS) is 20.0. The van der Waals surface area contributed by atoms with Crippen LogP contribution in [-0.4, -0.2) is 35.6 Å². The summed E-state index contributed by atoms with van der Waals surface area (Å²) in [6.07, 6.45) is 0.890. The van der Waals surface area contributed by atoms with Gasteiger partial charge in [0.2, 0.25) is 5.91 Å². The van der Waals surface area contributed by atoms with E-state index in [0.717, 1.165) is 11.3 Å². The van der Waals surface area contributed by atoms with Gasteiger partial charge in [-0.15, -0.1) is 0 Å². The Hall–Kier alpha value is -3.48. The Morgan fingerprint density at radius 2 is 1.64 bits per heavy atom. The topological polar surface area (TPSA) is 95.6 Å². The third kappa shape index (κ3) is 3.15. The molecule has 0 saturated heterocycles. The SMILES string of the molecule is CC1CC1C(=O)Nc1cccc(C(=O)Nc2ccc3c(c2)C(=O)N(C)C3=O)c1. The van der Waals surface area contributed by atoms with Gasteiger partial charge < -0.3 is 10.6 Å². The van der Waals surface area contributed by atoms with Gasteiger partial charge in [-0.2, -0.15) is 0 Å². The first-order chi connectivity index (χ1) is 13.3. The third-order valence-corrected chi connectivity index (χ3v) is 5.19. The summed E-state index contributed by atoms with van der Waals surface area (Å²) in [6, 6.07) is 11.3. The average molecular weight is 377 g/mol. The van der Waals surface area contributed by atoms with Gasteiger partial charge in [-0.05, 0) is 48.7 Å². The number of hydrogen-bond acceptors (Lipinski definition) is 4. The number of imide groups is 1. The number of carbonyl (C=O) groups excluding carboxylic acids is 4. The molecule has 4 amide bonds. The highest BCUT2D eigenvalue weighted by molar-refractivity contribution is 6.21. The average Bonchev–Trinajstić information content (AvgIpc) is 3.38. The van der Waals surface area contributed by atoms with E-state index in [1.54, 1.807) is 30.3 Å². The highest BCUT2D eigenvalue weighted by atomic mass is 16.2. The van der Waals surface area contributed by atoms with Crippen molar-refractivity contribution in [2.45, 2.75) is 13.3 Å². The zero-order valence-corrected chi connectivity index (χ0v) is 15.5. The maximum Gasteiger partial charge on any atom is 0.261 e. The molecule has 1 saturated carbocycles. The van der Waals surface area contributed by atoms with Gasteiger partial charge in [0, 0.05) is 29.9 Å². The Morgan fingerprint density at radius 3 is 2.36 bits per heavy atom. The van der Waals surface area contributed by atoms with Crippen LogP contribution in [0.25, 0.3) is 0 Å². The van der Waals surface area contributed by atoms with Gasteiger partial charge in [-0.25, -0.2) is 0 Å². The lowest BCUT2D eigenvalue weighted by molar-refractivity contribution is -0.117. The third-order valence-electron chi connectivity index (χ3n) is 5.19. The molecule has 142 valence electrons. The molecule has 1 aliphatic carbocycles. The molecule has 2 aliphatic rings. The lowest BCUT2D eigenvalue weighted by Crippen LogP contribution is -2.24. The van der Waals surface area contributed by atoms with E-state index >= 15 is 0 Å². The molecule has 28 heavy (non-hydrogen) atoms. The number of benzene rings is 2. The number of fused-ring (bicyclic) bond motifs is 1. The van der Waals surface area contributed by atoms with Crippen molar-refractivity contribution in [1.29, 1.82) is 0 Å². The van der Waals surface area contributed by atoms with Crippen LogP contribution in [0.1, 0.15) is 44.4 Å². The predicted octanol–water partition coefficient (Wildman–Crippen LogP) is 2.76. The first-order valence-electron chi connectivity index (χ1n) is 9.04. The number of hydrogen-bond donors (Lipinski definition) is 2. The molecule has 2 atom stereocenters. The minimum absolute atomic E-state index is 0.0315. The number of nitrogens with one attached hydrogen (secondary N) is 2. The Balaban J connectivity index is 1.49. The quantitative estimate of drug-likeness (QED) is 0.801. The second-order valence-corrected chi connectivity index (χ2v) is 7.27. The minimum atomic E-state index is -0.393. The summed E-state index contributed by atoms with van der Waals surface area (Å²) in [5.41, 5.74) is 1.95. The highest BCUT2D eigenvalue weighted by Crippen LogP contribution is 2.38. The van der Waals surface area contributed by atoms with E-state index in [2.05, 4.69) is 10.6 Å². The molecule has 1 heterocycles. The van der Waals surface area contributed by atoms with Crippen molar-refractivity contribution in [1.82, 2.24) is 4.90 Å². The summed E-state index contributed by atoms with van der Waals surface area (Å²) in [4.78, 5) is 49.7. The molecular formula is C21H19N3O4. The maximum atomic E-state index is 12.6. The van der Waals surface area contributed by atoms with Crippen molar-refractivity contribution in [3.05, 3.63) is 59.2 Å². The first-order valence-corrected chi connectivity index (χ1v) is 9.04. The maximum absolute atomic E-state index is 12.6. The van der Waals surface area contributed by atoms with E-state index in [1.807, 2.05) is 6.92 Å². The van der Waals surface area contributed by atoms with E-state index < -0.39 is 5.91 Å². The van der Waals surface area contributed by atoms with Crippen LogP contribution in [0, 0.1) is 11.8 Å². The van der Waals surface area contributed by atoms with Crippen LogP contribution in [0.4, 0.5) is 11.4 Å². The number of carbonyl (C=O) groups is 4. The molecule has 0 spiro atoms. The van der Waals surface area contributed by atoms with Crippen LogP contribution in [0.15, 0.2) is 42.5 Å². The largest absolute Gasteiger partial charge is 0.326 e. The lowest BCUT2D eigenvalue weighted by Gasteiger charge is -2.09. The van der Waals surface area contributed by atoms with E-state index in [0.29, 0.717) is 28.4 Å². The lowest BCUT2D eigenvalue weighted by atomic mass is 10.1. The summed E-state index contributed by atoms with van der Waals surface area (Å²) >= 11 is 0. The molecule has 2 unspecified atom stereocenters. The van der Waals surface area contributed by atoms with Gasteiger partial charge in [0.25, 0.3) is 17.7 Å². The van der Waals surface area contributed by atoms with E-state index in [9.17, 15) is 19.2 Å². The highest BCUT2D eigenvalue weighted by Gasteiger charge is 2.39. The zero-order chi connectivity index (χ0) is 20.0. The van der Waals surface area contributed by atoms with Gasteiger partial charge in [-0.1, -0.05) is 13.0 Å². The summed E-state index contributed by atoms with van der Waals surface area (Å²) in [5, 5.41) is 5.56. The summed E-state index contributed by atoms with van der Waals surface area (Å²) in [6.45, 7) is 2.03. The summed E-state index contributed by atoms with van der Waals surface area (Å²) < 4.78 is 0. The smallest absolute Gasteiger partial charge is 0.261 e. The van der Waals surface area contributed by atoms with Crippen molar-refractivity contribution in [2.75, 3.05) is 17.7 Å². The fourth-order valence-corrected chi connectivity index (χ4v) is 3.30. The van der Waals surface area contributed by atoms with Crippen molar-refractivity contribution < 1.29 is 19.2 Å². The second kappa shape index (κ2) is 6.60. The standard InChI is InChI=1S/C21H19N3O4/c1-11-8-16(11)19(26)23-13-5-3-4-12(9-13)18(25)22-14-6-7-15-17(10-14)21(28)24(2)20(15)27/h3-7,9-11,16H,8H2,1-2H3,(H,22,25)(H,23,26). The Labute approximate surface area is 161 Å². The van der Waals surface area contributed by atoms with Crippen LogP contribution >= 0.6 is 0 Å². The molecule has 1 fully saturated rings. The van der Waals surface area contributed by atoms with Crippen molar-refractivity contribution in [2.24, 2.45) is 11.8 Å². The molecule has 1 aliphatic heterocycles. The minimum Gasteiger partial charge on any atom is -0.326 e. The number of anilines is 2. The van der Waals surface area contributed by atoms with Crippen molar-refractivity contribution in [3.63, 3.8) is 0 Å². The molecule has 7 nitrogen and oxygen atoms in total. The van der Waals surface area contributed by atoms with Crippen molar-refractivity contribution >= 4 is 35.0 Å². The molecule has 7 heteroatoms. The molecule has 0 radical (unpaired) electrons. The molecule has 2 aromatic rings. The molecule has 2 aromatic carbocycles. The van der Waals surface area contributed by atoms with Crippen LogP contribution in [0.5, 0.6) is 0 Å². The molecule has 0 aromatic heterocycles. The number of nitrogens with zero attached hydrogens (tertiary/aromatic N) is 1. The van der Waals surface area contributed by atoms with Gasteiger partial charge in [0.15, 0.2) is 0 Å². The van der Waals surface area contributed by atoms with E-state index in [4.69, 9.17) is 0 Å². The number of amides is 4. The first kappa shape index (κ1) is 17.9. The fourth-order valence-electron chi connectivity index (χ4n) is 3.30. The molecular weight excluding hydrogens is 358 g/mol. The second-order valence-electron chi connectivity index (χ2n) is 7.27. The van der Waals surface area contributed by atoms with Crippen LogP contribution < -0.4 is 10.6 Å². The Morgan fingerprint density at radius 1 is 0.964 bits per heavy atom. The predicted molar refractivity (Wildman–Crippen MR) is 103 cm³/mol. The monoisotopic (exact) mass is 377 g/mol. The van der Waals surface area contributed by atoms with Gasteiger partial charge in [0.1, 0.15) is 0 Å². The van der Waals surface area contributed by atoms with E-state index in [1.165, 1.54) is 19.2 Å². The van der Waals surface area contributed by atoms with Crippen LogP contribution in [0.3, 0.4) is 0 Å². The molecule has 0 bridgehead atoms. The van der Waals surface area contributed by atoms with Crippen LogP contribution in [-0.2, 0) is 4.79 Å². The Kier molecular flexibility index (Phi) is 4.22. The van der Waals surface area contributed by atoms with Crippen LogP contribution in [0.2, 0.25) is 0 Å². The van der Waals surface area contributed by atoms with Gasteiger partial charge in [0.05, 0.1) is 11.1 Å².